The van der Waals surface area contributed by atoms with Gasteiger partial charge in [-0.1, -0.05) is 0 Å². The van der Waals surface area contributed by atoms with Gasteiger partial charge in [0.15, 0.2) is 5.13 Å². The van der Waals surface area contributed by atoms with Gasteiger partial charge in [-0.3, -0.25) is 0 Å². The van der Waals surface area contributed by atoms with E-state index in [1.807, 2.05) is 6.92 Å². The lowest BCUT2D eigenvalue weighted by atomic mass is 10.2. The second-order valence-electron chi connectivity index (χ2n) is 3.62. The van der Waals surface area contributed by atoms with E-state index in [-0.39, 0.29) is 6.04 Å². The summed E-state index contributed by atoms with van der Waals surface area (Å²) in [6.07, 6.45) is 0.857. The summed E-state index contributed by atoms with van der Waals surface area (Å²) in [7, 11) is 0. The normalized spacial score (nSPS) is 13.3. The standard InChI is InChI=1S/C9H17N3S/c1-6(2)11-9-12-8(5-13-9)4-7(3)10/h5-7H,4,10H2,1-3H3,(H,11,12). The molecule has 13 heavy (non-hydrogen) atoms. The van der Waals surface area contributed by atoms with Gasteiger partial charge in [0, 0.05) is 23.9 Å². The second kappa shape index (κ2) is 4.58. The maximum Gasteiger partial charge on any atom is 0.183 e. The van der Waals surface area contributed by atoms with Gasteiger partial charge in [0.1, 0.15) is 0 Å². The molecule has 4 heteroatoms. The number of anilines is 1. The third-order valence-electron chi connectivity index (χ3n) is 1.50. The van der Waals surface area contributed by atoms with Gasteiger partial charge in [0.2, 0.25) is 0 Å². The van der Waals surface area contributed by atoms with E-state index >= 15 is 0 Å². The summed E-state index contributed by atoms with van der Waals surface area (Å²) in [6, 6.07) is 0.628. The monoisotopic (exact) mass is 199 g/mol. The van der Waals surface area contributed by atoms with Crippen LogP contribution in [0.5, 0.6) is 0 Å². The van der Waals surface area contributed by atoms with Gasteiger partial charge in [-0.05, 0) is 20.8 Å². The molecule has 0 aliphatic heterocycles. The maximum absolute atomic E-state index is 5.68. The fourth-order valence-electron chi connectivity index (χ4n) is 1.04. The molecule has 74 valence electrons. The molecule has 0 saturated carbocycles. The van der Waals surface area contributed by atoms with E-state index in [0.717, 1.165) is 17.2 Å². The Morgan fingerprint density at radius 2 is 2.23 bits per heavy atom. The zero-order valence-corrected chi connectivity index (χ0v) is 9.19. The van der Waals surface area contributed by atoms with Crippen LogP contribution in [0.25, 0.3) is 0 Å². The van der Waals surface area contributed by atoms with Crippen molar-refractivity contribution in [2.75, 3.05) is 5.32 Å². The van der Waals surface area contributed by atoms with Crippen LogP contribution in [0, 0.1) is 0 Å². The molecule has 0 aliphatic carbocycles. The van der Waals surface area contributed by atoms with E-state index in [9.17, 15) is 0 Å². The molecule has 0 saturated heterocycles. The number of hydrogen-bond acceptors (Lipinski definition) is 4. The third kappa shape index (κ3) is 3.74. The van der Waals surface area contributed by atoms with E-state index in [4.69, 9.17) is 5.73 Å². The van der Waals surface area contributed by atoms with Crippen molar-refractivity contribution >= 4 is 16.5 Å². The van der Waals surface area contributed by atoms with Crippen LogP contribution in [0.4, 0.5) is 5.13 Å². The molecule has 0 bridgehead atoms. The van der Waals surface area contributed by atoms with Crippen molar-refractivity contribution < 1.29 is 0 Å². The van der Waals surface area contributed by atoms with Crippen molar-refractivity contribution in [3.8, 4) is 0 Å². The summed E-state index contributed by atoms with van der Waals surface area (Å²) in [5, 5.41) is 6.32. The largest absolute Gasteiger partial charge is 0.359 e. The highest BCUT2D eigenvalue weighted by molar-refractivity contribution is 7.13. The zero-order chi connectivity index (χ0) is 9.84. The van der Waals surface area contributed by atoms with Crippen molar-refractivity contribution in [2.45, 2.75) is 39.3 Å². The quantitative estimate of drug-likeness (QED) is 0.778. The molecule has 1 aromatic rings. The van der Waals surface area contributed by atoms with Gasteiger partial charge in [0.05, 0.1) is 5.69 Å². The molecule has 0 spiro atoms. The summed E-state index contributed by atoms with van der Waals surface area (Å²) < 4.78 is 0. The van der Waals surface area contributed by atoms with Crippen LogP contribution >= 0.6 is 11.3 Å². The van der Waals surface area contributed by atoms with Crippen LogP contribution in [-0.4, -0.2) is 17.1 Å². The SMILES string of the molecule is CC(N)Cc1csc(NC(C)C)n1. The summed E-state index contributed by atoms with van der Waals surface area (Å²) in [6.45, 7) is 6.20. The van der Waals surface area contributed by atoms with Crippen molar-refractivity contribution in [2.24, 2.45) is 5.73 Å². The van der Waals surface area contributed by atoms with Crippen LogP contribution in [0.15, 0.2) is 5.38 Å². The first-order valence-electron chi connectivity index (χ1n) is 4.54. The zero-order valence-electron chi connectivity index (χ0n) is 8.37. The van der Waals surface area contributed by atoms with Gasteiger partial charge >= 0.3 is 0 Å². The number of thiazole rings is 1. The second-order valence-corrected chi connectivity index (χ2v) is 4.48. The van der Waals surface area contributed by atoms with Gasteiger partial charge < -0.3 is 11.1 Å². The Morgan fingerprint density at radius 1 is 1.54 bits per heavy atom. The molecule has 1 atom stereocenters. The van der Waals surface area contributed by atoms with Crippen molar-refractivity contribution in [1.29, 1.82) is 0 Å². The molecule has 1 aromatic heterocycles. The minimum absolute atomic E-state index is 0.189. The number of nitrogens with one attached hydrogen (secondary N) is 1. The molecule has 3 nitrogen and oxygen atoms in total. The minimum atomic E-state index is 0.189. The molecule has 0 aliphatic rings. The molecule has 0 fully saturated rings. The number of hydrogen-bond donors (Lipinski definition) is 2. The van der Waals surface area contributed by atoms with Gasteiger partial charge in [0.25, 0.3) is 0 Å². The fraction of sp³-hybridized carbons (Fsp3) is 0.667. The minimum Gasteiger partial charge on any atom is -0.359 e. The Kier molecular flexibility index (Phi) is 3.69. The van der Waals surface area contributed by atoms with Crippen LogP contribution in [0.1, 0.15) is 26.5 Å². The molecule has 1 rings (SSSR count). The van der Waals surface area contributed by atoms with Gasteiger partial charge in [-0.15, -0.1) is 11.3 Å². The van der Waals surface area contributed by atoms with Crippen LogP contribution in [-0.2, 0) is 6.42 Å². The van der Waals surface area contributed by atoms with E-state index in [1.165, 1.54) is 0 Å². The summed E-state index contributed by atoms with van der Waals surface area (Å²) in [4.78, 5) is 4.42. The molecular weight excluding hydrogens is 182 g/mol. The van der Waals surface area contributed by atoms with Crippen molar-refractivity contribution in [3.05, 3.63) is 11.1 Å². The third-order valence-corrected chi connectivity index (χ3v) is 2.32. The molecular formula is C9H17N3S. The highest BCUT2D eigenvalue weighted by atomic mass is 32.1. The van der Waals surface area contributed by atoms with Crippen LogP contribution < -0.4 is 11.1 Å². The highest BCUT2D eigenvalue weighted by Gasteiger charge is 2.04. The maximum atomic E-state index is 5.68. The number of nitrogens with two attached hydrogens (primary N) is 1. The molecule has 1 unspecified atom stereocenters. The van der Waals surface area contributed by atoms with Crippen molar-refractivity contribution in [3.63, 3.8) is 0 Å². The summed E-state index contributed by atoms with van der Waals surface area (Å²) in [5.74, 6) is 0. The van der Waals surface area contributed by atoms with Gasteiger partial charge in [-0.2, -0.15) is 0 Å². The Hall–Kier alpha value is -0.610. The average Bonchev–Trinajstić information content (AvgIpc) is 2.33. The number of aromatic nitrogens is 1. The number of rotatable bonds is 4. The van der Waals surface area contributed by atoms with Crippen molar-refractivity contribution in [1.82, 2.24) is 4.98 Å². The molecule has 0 aromatic carbocycles. The predicted octanol–water partition coefficient (Wildman–Crippen LogP) is 1.85. The highest BCUT2D eigenvalue weighted by Crippen LogP contribution is 2.16. The van der Waals surface area contributed by atoms with E-state index in [2.05, 4.69) is 29.5 Å². The first kappa shape index (κ1) is 10.5. The smallest absolute Gasteiger partial charge is 0.183 e. The molecule has 0 amide bonds. The fourth-order valence-corrected chi connectivity index (χ4v) is 1.91. The Morgan fingerprint density at radius 3 is 2.77 bits per heavy atom. The lowest BCUT2D eigenvalue weighted by Crippen LogP contribution is -2.18. The first-order valence-corrected chi connectivity index (χ1v) is 5.42. The molecule has 3 N–H and O–H groups in total. The van der Waals surface area contributed by atoms with E-state index in [1.54, 1.807) is 11.3 Å². The predicted molar refractivity (Wildman–Crippen MR) is 58.2 cm³/mol. The Balaban J connectivity index is 2.53. The summed E-state index contributed by atoms with van der Waals surface area (Å²) >= 11 is 1.64. The Bertz CT molecular complexity index is 231. The molecule has 1 heterocycles. The first-order chi connectivity index (χ1) is 6.08. The van der Waals surface area contributed by atoms with Crippen LogP contribution in [0.3, 0.4) is 0 Å². The lowest BCUT2D eigenvalue weighted by molar-refractivity contribution is 0.725. The molecule has 0 radical (unpaired) electrons. The summed E-state index contributed by atoms with van der Waals surface area (Å²) in [5.41, 5.74) is 6.77. The Labute approximate surface area is 83.4 Å². The number of nitrogens with zero attached hydrogens (tertiary/aromatic N) is 1. The van der Waals surface area contributed by atoms with Crippen LogP contribution in [0.2, 0.25) is 0 Å². The van der Waals surface area contributed by atoms with E-state index in [0.29, 0.717) is 6.04 Å². The van der Waals surface area contributed by atoms with E-state index < -0.39 is 0 Å². The average molecular weight is 199 g/mol. The van der Waals surface area contributed by atoms with Gasteiger partial charge in [-0.25, -0.2) is 4.98 Å². The topological polar surface area (TPSA) is 50.9 Å². The lowest BCUT2D eigenvalue weighted by Gasteiger charge is -2.04.